The highest BCUT2D eigenvalue weighted by molar-refractivity contribution is 6.76. The highest BCUT2D eigenvalue weighted by atomic mass is 28.3. The number of methoxy groups -OCH3 is 2. The van der Waals surface area contributed by atoms with Gasteiger partial charge in [-0.1, -0.05) is 31.8 Å². The molecule has 166 valence electrons. The number of fused-ring (bicyclic) bond motifs is 1. The van der Waals surface area contributed by atoms with E-state index in [4.69, 9.17) is 18.9 Å². The third kappa shape index (κ3) is 5.72. The fourth-order valence-electron chi connectivity index (χ4n) is 3.18. The third-order valence-corrected chi connectivity index (χ3v) is 6.64. The number of aromatic nitrogens is 2. The number of ether oxygens (including phenoxy) is 4. The van der Waals surface area contributed by atoms with Gasteiger partial charge in [0.1, 0.15) is 12.4 Å². The molecular formula is C23H30N2O5Si. The fraction of sp³-hybridized carbons (Fsp3) is 0.391. The van der Waals surface area contributed by atoms with E-state index in [2.05, 4.69) is 24.7 Å². The van der Waals surface area contributed by atoms with E-state index < -0.39 is 8.07 Å². The molecule has 8 heteroatoms. The molecule has 0 spiro atoms. The molecule has 0 saturated carbocycles. The van der Waals surface area contributed by atoms with Crippen LogP contribution in [0.15, 0.2) is 36.4 Å². The van der Waals surface area contributed by atoms with Gasteiger partial charge in [0.25, 0.3) is 0 Å². The summed E-state index contributed by atoms with van der Waals surface area (Å²) in [4.78, 5) is 11.5. The summed E-state index contributed by atoms with van der Waals surface area (Å²) >= 11 is 0. The molecule has 0 saturated heterocycles. The van der Waals surface area contributed by atoms with Crippen molar-refractivity contribution in [3.8, 4) is 22.6 Å². The van der Waals surface area contributed by atoms with E-state index in [9.17, 15) is 4.79 Å². The Kier molecular flexibility index (Phi) is 7.48. The average molecular weight is 443 g/mol. The van der Waals surface area contributed by atoms with E-state index >= 15 is 0 Å². The van der Waals surface area contributed by atoms with E-state index in [0.717, 1.165) is 34.4 Å². The van der Waals surface area contributed by atoms with Gasteiger partial charge < -0.3 is 18.9 Å². The van der Waals surface area contributed by atoms with Crippen molar-refractivity contribution in [2.24, 2.45) is 0 Å². The Balaban J connectivity index is 1.89. The van der Waals surface area contributed by atoms with Gasteiger partial charge in [0, 0.05) is 27.2 Å². The largest absolute Gasteiger partial charge is 0.493 e. The fourth-order valence-corrected chi connectivity index (χ4v) is 3.94. The van der Waals surface area contributed by atoms with Crippen molar-refractivity contribution in [2.75, 3.05) is 27.6 Å². The molecule has 0 N–H and O–H groups in total. The molecule has 3 aromatic rings. The van der Waals surface area contributed by atoms with Gasteiger partial charge in [-0.3, -0.25) is 4.79 Å². The number of hydrogen-bond acceptors (Lipinski definition) is 6. The van der Waals surface area contributed by atoms with Crippen LogP contribution in [0, 0.1) is 0 Å². The highest BCUT2D eigenvalue weighted by Crippen LogP contribution is 2.34. The standard InChI is InChI=1S/C23H30N2O5Si/c1-27-16-30-22-9-7-18(13-23(22)28-2)17-6-8-19-20(14-26)24-25(21(19)12-17)15-29-10-11-31(3,4)5/h6-9,12-14H,10-11,15-16H2,1-5H3. The monoisotopic (exact) mass is 442 g/mol. The van der Waals surface area contributed by atoms with Crippen LogP contribution in [0.3, 0.4) is 0 Å². The quantitative estimate of drug-likeness (QED) is 0.183. The topological polar surface area (TPSA) is 71.8 Å². The van der Waals surface area contributed by atoms with Crippen molar-refractivity contribution in [3.05, 3.63) is 42.1 Å². The molecular weight excluding hydrogens is 412 g/mol. The van der Waals surface area contributed by atoms with Crippen LogP contribution < -0.4 is 9.47 Å². The molecule has 0 unspecified atom stereocenters. The Morgan fingerprint density at radius 1 is 1.03 bits per heavy atom. The van der Waals surface area contributed by atoms with E-state index in [-0.39, 0.29) is 6.79 Å². The number of carbonyl (C=O) groups is 1. The van der Waals surface area contributed by atoms with Crippen molar-refractivity contribution in [1.29, 1.82) is 0 Å². The van der Waals surface area contributed by atoms with Crippen molar-refractivity contribution < 1.29 is 23.7 Å². The smallest absolute Gasteiger partial charge is 0.188 e. The number of nitrogens with zero attached hydrogens (tertiary/aromatic N) is 2. The maximum atomic E-state index is 11.5. The summed E-state index contributed by atoms with van der Waals surface area (Å²) in [5.41, 5.74) is 3.20. The van der Waals surface area contributed by atoms with Crippen LogP contribution in [-0.4, -0.2) is 51.8 Å². The van der Waals surface area contributed by atoms with Gasteiger partial charge in [0.15, 0.2) is 24.6 Å². The van der Waals surface area contributed by atoms with E-state index in [0.29, 0.717) is 30.5 Å². The zero-order chi connectivity index (χ0) is 22.4. The van der Waals surface area contributed by atoms with Crippen LogP contribution in [0.1, 0.15) is 10.5 Å². The van der Waals surface area contributed by atoms with Gasteiger partial charge in [-0.05, 0) is 41.4 Å². The van der Waals surface area contributed by atoms with Gasteiger partial charge in [0.05, 0.1) is 12.6 Å². The molecule has 0 radical (unpaired) electrons. The Morgan fingerprint density at radius 3 is 2.45 bits per heavy atom. The predicted octanol–water partition coefficient (Wildman–Crippen LogP) is 4.82. The van der Waals surface area contributed by atoms with Gasteiger partial charge in [-0.2, -0.15) is 5.10 Å². The lowest BCUT2D eigenvalue weighted by Gasteiger charge is -2.15. The molecule has 0 aliphatic rings. The summed E-state index contributed by atoms with van der Waals surface area (Å²) in [6.45, 7) is 8.09. The second-order valence-corrected chi connectivity index (χ2v) is 14.1. The molecule has 1 aromatic heterocycles. The first-order valence-electron chi connectivity index (χ1n) is 10.2. The van der Waals surface area contributed by atoms with Crippen molar-refractivity contribution in [1.82, 2.24) is 9.78 Å². The number of benzene rings is 2. The maximum absolute atomic E-state index is 11.5. The third-order valence-electron chi connectivity index (χ3n) is 4.93. The highest BCUT2D eigenvalue weighted by Gasteiger charge is 2.15. The van der Waals surface area contributed by atoms with Crippen LogP contribution in [0.2, 0.25) is 25.7 Å². The van der Waals surface area contributed by atoms with Crippen molar-refractivity contribution in [2.45, 2.75) is 32.4 Å². The predicted molar refractivity (Wildman–Crippen MR) is 124 cm³/mol. The first kappa shape index (κ1) is 23.0. The summed E-state index contributed by atoms with van der Waals surface area (Å²) < 4.78 is 23.6. The lowest BCUT2D eigenvalue weighted by Crippen LogP contribution is -2.22. The zero-order valence-corrected chi connectivity index (χ0v) is 19.8. The Bertz CT molecular complexity index is 1040. The minimum atomic E-state index is -1.17. The van der Waals surface area contributed by atoms with Crippen LogP contribution >= 0.6 is 0 Å². The van der Waals surface area contributed by atoms with Crippen LogP contribution in [0.5, 0.6) is 11.5 Å². The molecule has 0 amide bonds. The second kappa shape index (κ2) is 10.1. The van der Waals surface area contributed by atoms with Crippen molar-refractivity contribution >= 4 is 25.3 Å². The minimum Gasteiger partial charge on any atom is -0.493 e. The minimum absolute atomic E-state index is 0.146. The molecule has 31 heavy (non-hydrogen) atoms. The first-order chi connectivity index (χ1) is 14.9. The molecule has 0 aliphatic heterocycles. The zero-order valence-electron chi connectivity index (χ0n) is 18.8. The Morgan fingerprint density at radius 2 is 1.77 bits per heavy atom. The van der Waals surface area contributed by atoms with Gasteiger partial charge in [-0.25, -0.2) is 4.68 Å². The maximum Gasteiger partial charge on any atom is 0.188 e. The summed E-state index contributed by atoms with van der Waals surface area (Å²) in [6.07, 6.45) is 0.783. The van der Waals surface area contributed by atoms with E-state index in [1.807, 2.05) is 36.4 Å². The molecule has 0 fully saturated rings. The van der Waals surface area contributed by atoms with Crippen LogP contribution in [0.4, 0.5) is 0 Å². The second-order valence-electron chi connectivity index (χ2n) is 8.50. The van der Waals surface area contributed by atoms with Crippen molar-refractivity contribution in [3.63, 3.8) is 0 Å². The van der Waals surface area contributed by atoms with Crippen LogP contribution in [-0.2, 0) is 16.2 Å². The normalized spacial score (nSPS) is 11.6. The number of hydrogen-bond donors (Lipinski definition) is 0. The molecule has 7 nitrogen and oxygen atoms in total. The Hall–Kier alpha value is -2.68. The SMILES string of the molecule is COCOc1ccc(-c2ccc3c(C=O)nn(COCC[Si](C)(C)C)c3c2)cc1OC. The van der Waals surface area contributed by atoms with Gasteiger partial charge in [0.2, 0.25) is 0 Å². The molecule has 1 heterocycles. The first-order valence-corrected chi connectivity index (χ1v) is 13.9. The van der Waals surface area contributed by atoms with Crippen LogP contribution in [0.25, 0.3) is 22.0 Å². The summed E-state index contributed by atoms with van der Waals surface area (Å²) in [6, 6.07) is 12.7. The van der Waals surface area contributed by atoms with Gasteiger partial charge in [-0.15, -0.1) is 0 Å². The number of aldehydes is 1. The number of rotatable bonds is 11. The lowest BCUT2D eigenvalue weighted by atomic mass is 10.0. The molecule has 2 aromatic carbocycles. The molecule has 0 atom stereocenters. The number of carbonyl (C=O) groups excluding carboxylic acids is 1. The summed E-state index contributed by atoms with van der Waals surface area (Å²) in [5.74, 6) is 1.23. The molecule has 0 aliphatic carbocycles. The van der Waals surface area contributed by atoms with Gasteiger partial charge >= 0.3 is 0 Å². The van der Waals surface area contributed by atoms with E-state index in [1.165, 1.54) is 0 Å². The molecule has 0 bridgehead atoms. The average Bonchev–Trinajstić information content (AvgIpc) is 3.11. The lowest BCUT2D eigenvalue weighted by molar-refractivity contribution is 0.0492. The molecule has 3 rings (SSSR count). The summed E-state index contributed by atoms with van der Waals surface area (Å²) in [5, 5.41) is 5.24. The van der Waals surface area contributed by atoms with E-state index in [1.54, 1.807) is 18.9 Å². The Labute approximate surface area is 183 Å². The summed E-state index contributed by atoms with van der Waals surface area (Å²) in [7, 11) is 2.01.